The molecule has 3 heteroatoms. The number of hydrogen-bond donors (Lipinski definition) is 2. The summed E-state index contributed by atoms with van der Waals surface area (Å²) in [6.45, 7) is 6.19. The second-order valence-corrected chi connectivity index (χ2v) is 2.93. The van der Waals surface area contributed by atoms with Crippen LogP contribution in [0, 0.1) is 0 Å². The number of aliphatic hydroxyl groups is 2. The fraction of sp³-hybridized carbons (Fsp3) is 1.00. The van der Waals surface area contributed by atoms with Crippen LogP contribution in [0.3, 0.4) is 0 Å². The van der Waals surface area contributed by atoms with Crippen LogP contribution in [0.2, 0.25) is 0 Å². The summed E-state index contributed by atoms with van der Waals surface area (Å²) in [5, 5.41) is 17.3. The summed E-state index contributed by atoms with van der Waals surface area (Å²) in [7, 11) is 0. The molecule has 0 amide bonds. The standard InChI is InChI=1S/C8H19NO2/c1-8(2)9(5-7-11)4-3-6-10/h8,10-11H,3-7H2,1-2H3. The van der Waals surface area contributed by atoms with Gasteiger partial charge in [-0.15, -0.1) is 0 Å². The van der Waals surface area contributed by atoms with Gasteiger partial charge >= 0.3 is 0 Å². The summed E-state index contributed by atoms with van der Waals surface area (Å²) < 4.78 is 0. The van der Waals surface area contributed by atoms with Crippen LogP contribution in [0.4, 0.5) is 0 Å². The zero-order chi connectivity index (χ0) is 8.69. The smallest absolute Gasteiger partial charge is 0.0558 e. The van der Waals surface area contributed by atoms with Crippen molar-refractivity contribution in [2.45, 2.75) is 26.3 Å². The number of hydrogen-bond acceptors (Lipinski definition) is 3. The van der Waals surface area contributed by atoms with Crippen LogP contribution in [0.25, 0.3) is 0 Å². The van der Waals surface area contributed by atoms with Crippen LogP contribution in [-0.2, 0) is 0 Å². The van der Waals surface area contributed by atoms with Crippen molar-refractivity contribution in [2.75, 3.05) is 26.3 Å². The predicted octanol–water partition coefficient (Wildman–Crippen LogP) is 0.0715. The number of nitrogens with zero attached hydrogens (tertiary/aromatic N) is 1. The molecule has 0 heterocycles. The van der Waals surface area contributed by atoms with E-state index in [1.54, 1.807) is 0 Å². The van der Waals surface area contributed by atoms with Gasteiger partial charge in [0.25, 0.3) is 0 Å². The van der Waals surface area contributed by atoms with Gasteiger partial charge in [-0.05, 0) is 20.3 Å². The van der Waals surface area contributed by atoms with E-state index in [0.29, 0.717) is 12.6 Å². The van der Waals surface area contributed by atoms with Crippen LogP contribution in [-0.4, -0.2) is 47.5 Å². The molecule has 0 aliphatic rings. The molecule has 0 aromatic carbocycles. The zero-order valence-electron chi connectivity index (χ0n) is 7.45. The summed E-state index contributed by atoms with van der Waals surface area (Å²) in [5.41, 5.74) is 0. The number of rotatable bonds is 6. The van der Waals surface area contributed by atoms with E-state index >= 15 is 0 Å². The van der Waals surface area contributed by atoms with Crippen molar-refractivity contribution in [3.8, 4) is 0 Å². The van der Waals surface area contributed by atoms with Gasteiger partial charge in [0.05, 0.1) is 6.61 Å². The Kier molecular flexibility index (Phi) is 6.51. The highest BCUT2D eigenvalue weighted by atomic mass is 16.3. The van der Waals surface area contributed by atoms with Crippen molar-refractivity contribution < 1.29 is 10.2 Å². The molecule has 2 N–H and O–H groups in total. The highest BCUT2D eigenvalue weighted by molar-refractivity contribution is 4.61. The van der Waals surface area contributed by atoms with Gasteiger partial charge in [0, 0.05) is 25.7 Å². The molecule has 3 nitrogen and oxygen atoms in total. The van der Waals surface area contributed by atoms with Crippen molar-refractivity contribution in [3.05, 3.63) is 0 Å². The van der Waals surface area contributed by atoms with Crippen molar-refractivity contribution >= 4 is 0 Å². The van der Waals surface area contributed by atoms with E-state index in [4.69, 9.17) is 10.2 Å². The monoisotopic (exact) mass is 161 g/mol. The molecule has 0 rings (SSSR count). The van der Waals surface area contributed by atoms with Gasteiger partial charge in [-0.3, -0.25) is 4.90 Å². The van der Waals surface area contributed by atoms with Crippen LogP contribution >= 0.6 is 0 Å². The molecule has 0 aromatic heterocycles. The van der Waals surface area contributed by atoms with Gasteiger partial charge in [0.1, 0.15) is 0 Å². The molecule has 0 atom stereocenters. The molecular weight excluding hydrogens is 142 g/mol. The Hall–Kier alpha value is -0.120. The average Bonchev–Trinajstić information content (AvgIpc) is 1.97. The quantitative estimate of drug-likeness (QED) is 0.579. The Balaban J connectivity index is 3.51. The second kappa shape index (κ2) is 6.58. The summed E-state index contributed by atoms with van der Waals surface area (Å²) >= 11 is 0. The van der Waals surface area contributed by atoms with E-state index in [0.717, 1.165) is 13.0 Å². The topological polar surface area (TPSA) is 43.7 Å². The molecule has 0 aliphatic carbocycles. The van der Waals surface area contributed by atoms with Crippen molar-refractivity contribution in [3.63, 3.8) is 0 Å². The lowest BCUT2D eigenvalue weighted by atomic mass is 10.3. The van der Waals surface area contributed by atoms with E-state index < -0.39 is 0 Å². The Morgan fingerprint density at radius 1 is 1.09 bits per heavy atom. The first-order valence-corrected chi connectivity index (χ1v) is 4.18. The zero-order valence-corrected chi connectivity index (χ0v) is 7.45. The molecule has 0 radical (unpaired) electrons. The molecular formula is C8H19NO2. The lowest BCUT2D eigenvalue weighted by molar-refractivity contribution is 0.152. The van der Waals surface area contributed by atoms with Gasteiger partial charge in [-0.25, -0.2) is 0 Å². The highest BCUT2D eigenvalue weighted by Gasteiger charge is 2.06. The van der Waals surface area contributed by atoms with Gasteiger partial charge in [0.15, 0.2) is 0 Å². The van der Waals surface area contributed by atoms with E-state index in [2.05, 4.69) is 18.7 Å². The summed E-state index contributed by atoms with van der Waals surface area (Å²) in [4.78, 5) is 2.15. The summed E-state index contributed by atoms with van der Waals surface area (Å²) in [6, 6.07) is 0.452. The minimum absolute atomic E-state index is 0.198. The first-order valence-electron chi connectivity index (χ1n) is 4.18. The molecule has 0 saturated carbocycles. The van der Waals surface area contributed by atoms with Gasteiger partial charge in [-0.2, -0.15) is 0 Å². The molecule has 0 bridgehead atoms. The van der Waals surface area contributed by atoms with Crippen LogP contribution in [0.1, 0.15) is 20.3 Å². The van der Waals surface area contributed by atoms with Crippen LogP contribution in [0.15, 0.2) is 0 Å². The normalized spacial score (nSPS) is 11.5. The Morgan fingerprint density at radius 3 is 2.09 bits per heavy atom. The van der Waals surface area contributed by atoms with Gasteiger partial charge in [0.2, 0.25) is 0 Å². The second-order valence-electron chi connectivity index (χ2n) is 2.93. The van der Waals surface area contributed by atoms with Crippen molar-refractivity contribution in [1.29, 1.82) is 0 Å². The average molecular weight is 161 g/mol. The minimum atomic E-state index is 0.198. The van der Waals surface area contributed by atoms with E-state index in [9.17, 15) is 0 Å². The fourth-order valence-corrected chi connectivity index (χ4v) is 1.03. The Morgan fingerprint density at radius 2 is 1.73 bits per heavy atom. The SMILES string of the molecule is CC(C)N(CCO)CCCO. The molecule has 0 fully saturated rings. The minimum Gasteiger partial charge on any atom is -0.396 e. The fourth-order valence-electron chi connectivity index (χ4n) is 1.03. The highest BCUT2D eigenvalue weighted by Crippen LogP contribution is 1.97. The largest absolute Gasteiger partial charge is 0.396 e. The predicted molar refractivity (Wildman–Crippen MR) is 45.5 cm³/mol. The maximum Gasteiger partial charge on any atom is 0.0558 e. The third-order valence-electron chi connectivity index (χ3n) is 1.72. The lowest BCUT2D eigenvalue weighted by Gasteiger charge is -2.24. The summed E-state index contributed by atoms with van der Waals surface area (Å²) in [5.74, 6) is 0. The van der Waals surface area contributed by atoms with E-state index in [-0.39, 0.29) is 13.2 Å². The summed E-state index contributed by atoms with van der Waals surface area (Å²) in [6.07, 6.45) is 0.790. The molecule has 0 aliphatic heterocycles. The third kappa shape index (κ3) is 5.18. The van der Waals surface area contributed by atoms with Crippen LogP contribution < -0.4 is 0 Å². The van der Waals surface area contributed by atoms with Gasteiger partial charge in [-0.1, -0.05) is 0 Å². The van der Waals surface area contributed by atoms with Crippen molar-refractivity contribution in [2.24, 2.45) is 0 Å². The molecule has 11 heavy (non-hydrogen) atoms. The third-order valence-corrected chi connectivity index (χ3v) is 1.72. The molecule has 0 saturated heterocycles. The first kappa shape index (κ1) is 10.9. The van der Waals surface area contributed by atoms with Crippen molar-refractivity contribution in [1.82, 2.24) is 4.90 Å². The Labute approximate surface area is 68.6 Å². The lowest BCUT2D eigenvalue weighted by Crippen LogP contribution is -2.34. The first-order chi connectivity index (χ1) is 5.22. The van der Waals surface area contributed by atoms with E-state index in [1.807, 2.05) is 0 Å². The molecule has 0 aromatic rings. The Bertz CT molecular complexity index is 86.2. The maximum absolute atomic E-state index is 8.68. The number of aliphatic hydroxyl groups excluding tert-OH is 2. The van der Waals surface area contributed by atoms with E-state index in [1.165, 1.54) is 0 Å². The molecule has 0 unspecified atom stereocenters. The maximum atomic E-state index is 8.68. The molecule has 0 spiro atoms. The van der Waals surface area contributed by atoms with Gasteiger partial charge < -0.3 is 10.2 Å². The van der Waals surface area contributed by atoms with Crippen LogP contribution in [0.5, 0.6) is 0 Å². The molecule has 68 valence electrons.